The first-order valence-electron chi connectivity index (χ1n) is 11.5. The van der Waals surface area contributed by atoms with Gasteiger partial charge in [0.2, 0.25) is 0 Å². The third kappa shape index (κ3) is 6.55. The number of nitrogens with zero attached hydrogens (tertiary/aromatic N) is 1. The zero-order chi connectivity index (χ0) is 22.9. The van der Waals surface area contributed by atoms with E-state index in [1.165, 1.54) is 11.1 Å². The largest absolute Gasteiger partial charge is 0.489 e. The molecule has 0 aliphatic rings. The maximum Gasteiger partial charge on any atom is 0.120 e. The molecule has 0 saturated heterocycles. The van der Waals surface area contributed by atoms with Crippen LogP contribution in [-0.4, -0.2) is 16.0 Å². The van der Waals surface area contributed by atoms with Crippen LogP contribution in [0.3, 0.4) is 0 Å². The van der Waals surface area contributed by atoms with Gasteiger partial charge in [0.15, 0.2) is 0 Å². The van der Waals surface area contributed by atoms with E-state index in [0.717, 1.165) is 30.0 Å². The lowest BCUT2D eigenvalue weighted by molar-refractivity contribution is 0.0482. The molecule has 0 aliphatic heterocycles. The second kappa shape index (κ2) is 11.5. The van der Waals surface area contributed by atoms with Crippen LogP contribution < -0.4 is 4.74 Å². The molecule has 0 unspecified atom stereocenters. The van der Waals surface area contributed by atoms with Crippen molar-refractivity contribution in [3.63, 3.8) is 0 Å². The quantitative estimate of drug-likeness (QED) is 0.312. The van der Waals surface area contributed by atoms with Gasteiger partial charge in [-0.25, -0.2) is 0 Å². The Morgan fingerprint density at radius 2 is 1.18 bits per heavy atom. The molecule has 0 aromatic heterocycles. The smallest absolute Gasteiger partial charge is 0.120 e. The molecule has 0 spiro atoms. The van der Waals surface area contributed by atoms with Crippen molar-refractivity contribution in [1.82, 2.24) is 4.90 Å². The van der Waals surface area contributed by atoms with Gasteiger partial charge in [0.05, 0.1) is 6.10 Å². The minimum Gasteiger partial charge on any atom is -0.489 e. The molecule has 0 radical (unpaired) electrons. The van der Waals surface area contributed by atoms with Crippen molar-refractivity contribution < 1.29 is 9.84 Å². The van der Waals surface area contributed by atoms with Crippen LogP contribution in [0.2, 0.25) is 0 Å². The fourth-order valence-electron chi connectivity index (χ4n) is 3.99. The molecule has 3 nitrogen and oxygen atoms in total. The fraction of sp³-hybridized carbons (Fsp3) is 0.200. The molecule has 0 heterocycles. The van der Waals surface area contributed by atoms with Crippen molar-refractivity contribution in [2.24, 2.45) is 0 Å². The molecule has 4 rings (SSSR count). The highest BCUT2D eigenvalue weighted by atomic mass is 16.5. The van der Waals surface area contributed by atoms with E-state index < -0.39 is 6.10 Å². The number of rotatable bonds is 10. The Morgan fingerprint density at radius 1 is 0.667 bits per heavy atom. The van der Waals surface area contributed by atoms with Crippen LogP contribution in [0.1, 0.15) is 35.3 Å². The second-order valence-corrected chi connectivity index (χ2v) is 8.41. The Labute approximate surface area is 196 Å². The number of hydrogen-bond acceptors (Lipinski definition) is 3. The summed E-state index contributed by atoms with van der Waals surface area (Å²) in [5.74, 6) is 0.764. The molecule has 33 heavy (non-hydrogen) atoms. The monoisotopic (exact) mass is 437 g/mol. The van der Waals surface area contributed by atoms with Crippen LogP contribution in [0.15, 0.2) is 115 Å². The van der Waals surface area contributed by atoms with Crippen LogP contribution in [0, 0.1) is 0 Å². The van der Waals surface area contributed by atoms with Gasteiger partial charge in [-0.15, -0.1) is 0 Å². The normalized spacial score (nSPS) is 12.9. The van der Waals surface area contributed by atoms with Gasteiger partial charge in [-0.05, 0) is 41.3 Å². The molecule has 3 heteroatoms. The Kier molecular flexibility index (Phi) is 7.91. The lowest BCUT2D eigenvalue weighted by Gasteiger charge is -2.33. The molecule has 0 aliphatic carbocycles. The number of aliphatic hydroxyl groups is 1. The van der Waals surface area contributed by atoms with Crippen molar-refractivity contribution >= 4 is 0 Å². The lowest BCUT2D eigenvalue weighted by atomic mass is 10.0. The molecule has 0 saturated carbocycles. The summed E-state index contributed by atoms with van der Waals surface area (Å²) in [4.78, 5) is 2.33. The van der Waals surface area contributed by atoms with Gasteiger partial charge in [-0.1, -0.05) is 103 Å². The van der Waals surface area contributed by atoms with Crippen molar-refractivity contribution in [2.45, 2.75) is 38.8 Å². The first kappa shape index (κ1) is 22.8. The standard InChI is InChI=1S/C30H31NO2/c1-24(31(21-25-12-5-2-6-13-25)22-26-14-7-3-8-15-26)30(32)28-18-11-19-29(20-28)33-23-27-16-9-4-10-17-27/h2-20,24,30,32H,21-23H2,1H3/t24-,30+/m0/s1. The Morgan fingerprint density at radius 3 is 1.73 bits per heavy atom. The lowest BCUT2D eigenvalue weighted by Crippen LogP contribution is -2.36. The summed E-state index contributed by atoms with van der Waals surface area (Å²) in [6, 6.07) is 38.7. The van der Waals surface area contributed by atoms with Crippen molar-refractivity contribution in [3.05, 3.63) is 138 Å². The van der Waals surface area contributed by atoms with Gasteiger partial charge in [-0.3, -0.25) is 4.90 Å². The van der Waals surface area contributed by atoms with Crippen LogP contribution in [0.25, 0.3) is 0 Å². The molecular formula is C30H31NO2. The van der Waals surface area contributed by atoms with Crippen molar-refractivity contribution in [3.8, 4) is 5.75 Å². The zero-order valence-electron chi connectivity index (χ0n) is 19.0. The SMILES string of the molecule is C[C@@H]([C@@H](O)c1cccc(OCc2ccccc2)c1)N(Cc1ccccc1)Cc1ccccc1. The first-order valence-corrected chi connectivity index (χ1v) is 11.5. The summed E-state index contributed by atoms with van der Waals surface area (Å²) >= 11 is 0. The van der Waals surface area contributed by atoms with Crippen LogP contribution in [0.5, 0.6) is 5.75 Å². The number of hydrogen-bond donors (Lipinski definition) is 1. The predicted molar refractivity (Wildman–Crippen MR) is 134 cm³/mol. The zero-order valence-corrected chi connectivity index (χ0v) is 19.0. The van der Waals surface area contributed by atoms with Gasteiger partial charge in [0.25, 0.3) is 0 Å². The van der Waals surface area contributed by atoms with Crippen LogP contribution in [-0.2, 0) is 19.7 Å². The van der Waals surface area contributed by atoms with E-state index in [-0.39, 0.29) is 6.04 Å². The number of aliphatic hydroxyl groups excluding tert-OH is 1. The second-order valence-electron chi connectivity index (χ2n) is 8.41. The van der Waals surface area contributed by atoms with Crippen LogP contribution in [0.4, 0.5) is 0 Å². The molecule has 0 amide bonds. The molecule has 1 N–H and O–H groups in total. The summed E-state index contributed by atoms with van der Waals surface area (Å²) < 4.78 is 5.99. The third-order valence-electron chi connectivity index (χ3n) is 5.94. The third-order valence-corrected chi connectivity index (χ3v) is 5.94. The minimum absolute atomic E-state index is 0.0882. The fourth-order valence-corrected chi connectivity index (χ4v) is 3.99. The van der Waals surface area contributed by atoms with Gasteiger partial charge in [0, 0.05) is 19.1 Å². The van der Waals surface area contributed by atoms with Gasteiger partial charge < -0.3 is 9.84 Å². The van der Waals surface area contributed by atoms with E-state index in [4.69, 9.17) is 4.74 Å². The maximum atomic E-state index is 11.3. The average molecular weight is 438 g/mol. The van der Waals surface area contributed by atoms with E-state index in [1.807, 2.05) is 66.7 Å². The van der Waals surface area contributed by atoms with E-state index in [1.54, 1.807) is 0 Å². The van der Waals surface area contributed by atoms with Gasteiger partial charge >= 0.3 is 0 Å². The average Bonchev–Trinajstić information content (AvgIpc) is 2.88. The molecule has 0 fully saturated rings. The van der Waals surface area contributed by atoms with E-state index in [9.17, 15) is 5.11 Å². The van der Waals surface area contributed by atoms with Crippen molar-refractivity contribution in [1.29, 1.82) is 0 Å². The summed E-state index contributed by atoms with van der Waals surface area (Å²) in [7, 11) is 0. The van der Waals surface area contributed by atoms with Crippen molar-refractivity contribution in [2.75, 3.05) is 0 Å². The number of ether oxygens (including phenoxy) is 1. The topological polar surface area (TPSA) is 32.7 Å². The highest BCUT2D eigenvalue weighted by molar-refractivity contribution is 5.31. The van der Waals surface area contributed by atoms with Crippen LogP contribution >= 0.6 is 0 Å². The molecule has 0 bridgehead atoms. The van der Waals surface area contributed by atoms with E-state index in [2.05, 4.69) is 60.4 Å². The van der Waals surface area contributed by atoms with Gasteiger partial charge in [0.1, 0.15) is 12.4 Å². The summed E-state index contributed by atoms with van der Waals surface area (Å²) in [6.45, 7) is 4.12. The predicted octanol–water partition coefficient (Wildman–Crippen LogP) is 6.39. The van der Waals surface area contributed by atoms with E-state index in [0.29, 0.717) is 6.61 Å². The highest BCUT2D eigenvalue weighted by Gasteiger charge is 2.24. The molecular weight excluding hydrogens is 406 g/mol. The minimum atomic E-state index is -0.641. The van der Waals surface area contributed by atoms with E-state index >= 15 is 0 Å². The molecule has 4 aromatic rings. The summed E-state index contributed by atoms with van der Waals surface area (Å²) in [5, 5.41) is 11.3. The first-order chi connectivity index (χ1) is 16.2. The Balaban J connectivity index is 1.49. The Hall–Kier alpha value is -3.40. The summed E-state index contributed by atoms with van der Waals surface area (Å²) in [6.07, 6.45) is -0.641. The highest BCUT2D eigenvalue weighted by Crippen LogP contribution is 2.27. The summed E-state index contributed by atoms with van der Waals surface area (Å²) in [5.41, 5.74) is 4.44. The maximum absolute atomic E-state index is 11.3. The van der Waals surface area contributed by atoms with Gasteiger partial charge in [-0.2, -0.15) is 0 Å². The molecule has 168 valence electrons. The molecule has 4 aromatic carbocycles. The molecule has 2 atom stereocenters. The number of benzene rings is 4. The Bertz CT molecular complexity index is 1060.